The van der Waals surface area contributed by atoms with Crippen molar-refractivity contribution in [3.05, 3.63) is 53.6 Å². The fourth-order valence-corrected chi connectivity index (χ4v) is 3.08. The van der Waals surface area contributed by atoms with E-state index >= 15 is 0 Å². The number of anilines is 2. The van der Waals surface area contributed by atoms with Gasteiger partial charge in [0.25, 0.3) is 0 Å². The topological polar surface area (TPSA) is 67.4 Å². The lowest BCUT2D eigenvalue weighted by Gasteiger charge is -2.12. The molecule has 0 saturated heterocycles. The van der Waals surface area contributed by atoms with E-state index in [1.54, 1.807) is 6.07 Å². The molecular weight excluding hydrogens is 328 g/mol. The molecule has 0 bridgehead atoms. The number of ether oxygens (including phenoxy) is 1. The Morgan fingerprint density at radius 2 is 1.58 bits per heavy atom. The van der Waals surface area contributed by atoms with Crippen LogP contribution < -0.4 is 15.4 Å². The van der Waals surface area contributed by atoms with Crippen LogP contribution >= 0.6 is 0 Å². The summed E-state index contributed by atoms with van der Waals surface area (Å²) in [6.07, 6.45) is 0.569. The third-order valence-corrected chi connectivity index (χ3v) is 4.64. The van der Waals surface area contributed by atoms with Crippen molar-refractivity contribution in [2.45, 2.75) is 27.2 Å². The maximum atomic E-state index is 12.5. The van der Waals surface area contributed by atoms with Crippen LogP contribution in [-0.4, -0.2) is 18.4 Å². The molecule has 26 heavy (non-hydrogen) atoms. The molecule has 136 valence electrons. The summed E-state index contributed by atoms with van der Waals surface area (Å²) in [5.41, 5.74) is 3.52. The summed E-state index contributed by atoms with van der Waals surface area (Å²) in [6.45, 7) is 6.35. The fourth-order valence-electron chi connectivity index (χ4n) is 3.08. The molecular formula is C21H24N2O3. The Morgan fingerprint density at radius 1 is 0.962 bits per heavy atom. The summed E-state index contributed by atoms with van der Waals surface area (Å²) in [5, 5.41) is 5.86. The van der Waals surface area contributed by atoms with Crippen molar-refractivity contribution >= 4 is 23.2 Å². The molecule has 2 aromatic rings. The standard InChI is InChI=1S/C21H24N2O3/c1-4-26-18-11-6-5-10-17(18)22-20(24)15-12-16(15)21(25)23-19-13(2)8-7-9-14(19)3/h5-11,15-16H,4,12H2,1-3H3,(H,22,24)(H,23,25). The van der Waals surface area contributed by atoms with Gasteiger partial charge in [0.15, 0.2) is 0 Å². The first-order chi connectivity index (χ1) is 12.5. The Morgan fingerprint density at radius 3 is 2.23 bits per heavy atom. The molecule has 3 rings (SSSR count). The maximum absolute atomic E-state index is 12.5. The molecule has 2 atom stereocenters. The number of carbonyl (C=O) groups is 2. The van der Waals surface area contributed by atoms with Crippen molar-refractivity contribution in [2.75, 3.05) is 17.2 Å². The Kier molecular flexibility index (Phi) is 5.26. The molecule has 2 N–H and O–H groups in total. The van der Waals surface area contributed by atoms with Crippen LogP contribution in [0.5, 0.6) is 5.75 Å². The zero-order valence-electron chi connectivity index (χ0n) is 15.3. The van der Waals surface area contributed by atoms with Crippen LogP contribution in [-0.2, 0) is 9.59 Å². The van der Waals surface area contributed by atoms with Crippen molar-refractivity contribution in [1.29, 1.82) is 0 Å². The Labute approximate surface area is 153 Å². The molecule has 2 unspecified atom stereocenters. The second kappa shape index (κ2) is 7.60. The first-order valence-electron chi connectivity index (χ1n) is 8.91. The molecule has 2 aromatic carbocycles. The zero-order valence-corrected chi connectivity index (χ0v) is 15.3. The van der Waals surface area contributed by atoms with Gasteiger partial charge in [0.2, 0.25) is 11.8 Å². The van der Waals surface area contributed by atoms with Crippen molar-refractivity contribution < 1.29 is 14.3 Å². The highest BCUT2D eigenvalue weighted by molar-refractivity contribution is 6.04. The predicted molar refractivity (Wildman–Crippen MR) is 102 cm³/mol. The van der Waals surface area contributed by atoms with E-state index in [4.69, 9.17) is 4.74 Å². The van der Waals surface area contributed by atoms with Crippen LogP contribution in [0.1, 0.15) is 24.5 Å². The number of rotatable bonds is 6. The largest absolute Gasteiger partial charge is 0.492 e. The number of aryl methyl sites for hydroxylation is 2. The third kappa shape index (κ3) is 3.87. The Balaban J connectivity index is 1.61. The van der Waals surface area contributed by atoms with Crippen LogP contribution in [0.2, 0.25) is 0 Å². The molecule has 1 aliphatic carbocycles. The Bertz CT molecular complexity index is 812. The van der Waals surface area contributed by atoms with E-state index in [0.29, 0.717) is 24.5 Å². The number of hydrogen-bond donors (Lipinski definition) is 2. The second-order valence-corrected chi connectivity index (χ2v) is 6.62. The number of benzene rings is 2. The SMILES string of the molecule is CCOc1ccccc1NC(=O)C1CC1C(=O)Nc1c(C)cccc1C. The lowest BCUT2D eigenvalue weighted by Crippen LogP contribution is -2.21. The smallest absolute Gasteiger partial charge is 0.228 e. The molecule has 0 radical (unpaired) electrons. The first-order valence-corrected chi connectivity index (χ1v) is 8.91. The quantitative estimate of drug-likeness (QED) is 0.828. The summed E-state index contributed by atoms with van der Waals surface area (Å²) >= 11 is 0. The predicted octanol–water partition coefficient (Wildman–Crippen LogP) is 3.92. The van der Waals surface area contributed by atoms with Gasteiger partial charge >= 0.3 is 0 Å². The van der Waals surface area contributed by atoms with Gasteiger partial charge in [0.05, 0.1) is 24.1 Å². The minimum Gasteiger partial charge on any atom is -0.492 e. The number of carbonyl (C=O) groups excluding carboxylic acids is 2. The highest BCUT2D eigenvalue weighted by Gasteiger charge is 2.48. The second-order valence-electron chi connectivity index (χ2n) is 6.62. The van der Waals surface area contributed by atoms with Gasteiger partial charge in [0, 0.05) is 5.69 Å². The molecule has 1 saturated carbocycles. The van der Waals surface area contributed by atoms with E-state index in [2.05, 4.69) is 10.6 Å². The van der Waals surface area contributed by atoms with Gasteiger partial charge in [-0.2, -0.15) is 0 Å². The molecule has 0 aliphatic heterocycles. The van der Waals surface area contributed by atoms with Crippen molar-refractivity contribution in [2.24, 2.45) is 11.8 Å². The minimum atomic E-state index is -0.297. The summed E-state index contributed by atoms with van der Waals surface area (Å²) in [7, 11) is 0. The number of hydrogen-bond acceptors (Lipinski definition) is 3. The van der Waals surface area contributed by atoms with Gasteiger partial charge in [-0.15, -0.1) is 0 Å². The normalized spacial score (nSPS) is 18.1. The van der Waals surface area contributed by atoms with Gasteiger partial charge in [0.1, 0.15) is 5.75 Å². The van der Waals surface area contributed by atoms with Crippen molar-refractivity contribution in [3.63, 3.8) is 0 Å². The number of para-hydroxylation sites is 3. The molecule has 1 fully saturated rings. The van der Waals surface area contributed by atoms with Crippen LogP contribution in [0.25, 0.3) is 0 Å². The molecule has 0 heterocycles. The molecule has 1 aliphatic rings. The van der Waals surface area contributed by atoms with E-state index in [9.17, 15) is 9.59 Å². The van der Waals surface area contributed by atoms with Gasteiger partial charge in [-0.05, 0) is 50.5 Å². The average molecular weight is 352 g/mol. The number of amides is 2. The van der Waals surface area contributed by atoms with Gasteiger partial charge < -0.3 is 15.4 Å². The first kappa shape index (κ1) is 18.0. The highest BCUT2D eigenvalue weighted by Crippen LogP contribution is 2.41. The average Bonchev–Trinajstić information content (AvgIpc) is 3.41. The fraction of sp³-hybridized carbons (Fsp3) is 0.333. The number of nitrogens with one attached hydrogen (secondary N) is 2. The minimum absolute atomic E-state index is 0.0966. The lowest BCUT2D eigenvalue weighted by molar-refractivity contribution is -0.122. The van der Waals surface area contributed by atoms with E-state index in [1.807, 2.05) is 57.2 Å². The van der Waals surface area contributed by atoms with Gasteiger partial charge in [-0.3, -0.25) is 9.59 Å². The lowest BCUT2D eigenvalue weighted by atomic mass is 10.1. The summed E-state index contributed by atoms with van der Waals surface area (Å²) < 4.78 is 5.52. The molecule has 0 spiro atoms. The van der Waals surface area contributed by atoms with E-state index in [-0.39, 0.29) is 23.7 Å². The monoisotopic (exact) mass is 352 g/mol. The Hall–Kier alpha value is -2.82. The summed E-state index contributed by atoms with van der Waals surface area (Å²) in [5.74, 6) is -0.178. The van der Waals surface area contributed by atoms with Crippen LogP contribution in [0, 0.1) is 25.7 Å². The van der Waals surface area contributed by atoms with Crippen LogP contribution in [0.4, 0.5) is 11.4 Å². The molecule has 2 amide bonds. The van der Waals surface area contributed by atoms with Crippen LogP contribution in [0.3, 0.4) is 0 Å². The molecule has 5 heteroatoms. The summed E-state index contributed by atoms with van der Waals surface area (Å²) in [6, 6.07) is 13.2. The van der Waals surface area contributed by atoms with Gasteiger partial charge in [-0.1, -0.05) is 30.3 Å². The zero-order chi connectivity index (χ0) is 18.7. The van der Waals surface area contributed by atoms with Gasteiger partial charge in [-0.25, -0.2) is 0 Å². The third-order valence-electron chi connectivity index (χ3n) is 4.64. The van der Waals surface area contributed by atoms with E-state index in [1.165, 1.54) is 0 Å². The van der Waals surface area contributed by atoms with Crippen LogP contribution in [0.15, 0.2) is 42.5 Å². The maximum Gasteiger partial charge on any atom is 0.228 e. The van der Waals surface area contributed by atoms with E-state index < -0.39 is 0 Å². The molecule has 0 aromatic heterocycles. The summed E-state index contributed by atoms with van der Waals surface area (Å²) in [4.78, 5) is 25.0. The van der Waals surface area contributed by atoms with Crippen molar-refractivity contribution in [1.82, 2.24) is 0 Å². The highest BCUT2D eigenvalue weighted by atomic mass is 16.5. The van der Waals surface area contributed by atoms with Crippen molar-refractivity contribution in [3.8, 4) is 5.75 Å². The molecule has 5 nitrogen and oxygen atoms in total. The van der Waals surface area contributed by atoms with E-state index in [0.717, 1.165) is 16.8 Å².